The van der Waals surface area contributed by atoms with Gasteiger partial charge in [-0.05, 0) is 0 Å². The molecule has 20 valence electrons. The van der Waals surface area contributed by atoms with Crippen molar-refractivity contribution in [2.75, 3.05) is 0 Å². The molecular weight excluding hydrogens is 145 g/mol. The number of hydrogen-bond donors (Lipinski definition) is 0. The molecule has 0 radical (unpaired) electrons. The van der Waals surface area contributed by atoms with E-state index in [1.807, 2.05) is 12.3 Å². The zero-order chi connectivity index (χ0) is 4.00. The molecule has 0 saturated heterocycles. The summed E-state index contributed by atoms with van der Waals surface area (Å²) in [5, 5.41) is 0. The molecule has 0 aromatic heterocycles. The molecule has 1 atom stereocenters. The first-order valence-electron chi connectivity index (χ1n) is 0.911. The van der Waals surface area contributed by atoms with Gasteiger partial charge in [-0.3, -0.25) is 0 Å². The van der Waals surface area contributed by atoms with E-state index < -0.39 is 0 Å². The van der Waals surface area contributed by atoms with Gasteiger partial charge in [-0.15, -0.1) is 12.8 Å². The fourth-order valence-electron chi connectivity index (χ4n) is 0. The second-order valence-electron chi connectivity index (χ2n) is 0. The SMILES string of the molecule is C#C.[NaH].[Na][AsH2]. The Labute approximate surface area is 78.3 Å². The predicted molar refractivity (Wildman–Crippen MR) is 31.3 cm³/mol. The Kier molecular flexibility index (Phi) is 112. The topological polar surface area (TPSA) is 0 Å². The van der Waals surface area contributed by atoms with E-state index in [4.69, 9.17) is 0 Å². The van der Waals surface area contributed by atoms with Crippen molar-refractivity contribution >= 4 is 67.0 Å². The van der Waals surface area contributed by atoms with Crippen LogP contribution in [0.2, 0.25) is 0 Å². The summed E-state index contributed by atoms with van der Waals surface area (Å²) in [4.78, 5) is 0. The van der Waals surface area contributed by atoms with E-state index in [0.29, 0.717) is 0 Å². The standard InChI is InChI=1S/C2H2.AsH2.2Na.H/c1-2;;;;/h1-2H;1H2;;;/q;-1;;+1;. The summed E-state index contributed by atoms with van der Waals surface area (Å²) in [7, 11) is 0. The van der Waals surface area contributed by atoms with Crippen LogP contribution in [-0.2, 0) is 0 Å². The van der Waals surface area contributed by atoms with Crippen LogP contribution in [0.4, 0.5) is 0 Å². The normalized spacial score (nSPS) is 1.80. The number of rotatable bonds is 0. The molecule has 0 N–H and O–H groups in total. The van der Waals surface area contributed by atoms with Gasteiger partial charge in [-0.2, -0.15) is 0 Å². The molecule has 0 fully saturated rings. The number of hydrogen-bond acceptors (Lipinski definition) is 0. The Morgan fingerprint density at radius 2 is 1.20 bits per heavy atom. The third-order valence-electron chi connectivity index (χ3n) is 0. The van der Waals surface area contributed by atoms with Crippen LogP contribution in [0.3, 0.4) is 0 Å². The Hall–Kier alpha value is 2.12. The van der Waals surface area contributed by atoms with Crippen LogP contribution in [0.25, 0.3) is 0 Å². The molecule has 0 aliphatic heterocycles. The maximum atomic E-state index is 4.00. The first-order chi connectivity index (χ1) is 2.00. The molecular formula is C2H5AsNa2. The molecule has 0 saturated carbocycles. The van der Waals surface area contributed by atoms with Crippen LogP contribution < -0.4 is 0 Å². The number of terminal acetylenes is 1. The van der Waals surface area contributed by atoms with E-state index in [0.717, 1.165) is 0 Å². The predicted octanol–water partition coefficient (Wildman–Crippen LogP) is -1.70. The zero-order valence-electron chi connectivity index (χ0n) is 2.73. The summed E-state index contributed by atoms with van der Waals surface area (Å²) < 4.78 is 0. The van der Waals surface area contributed by atoms with Gasteiger partial charge in [0.15, 0.2) is 0 Å². The van der Waals surface area contributed by atoms with Crippen LogP contribution >= 0.6 is 0 Å². The summed E-state index contributed by atoms with van der Waals surface area (Å²) >= 11 is 3.19. The van der Waals surface area contributed by atoms with Crippen molar-refractivity contribution in [2.24, 2.45) is 0 Å². The van der Waals surface area contributed by atoms with Gasteiger partial charge in [-0.1, -0.05) is 0 Å². The third-order valence-corrected chi connectivity index (χ3v) is 0. The van der Waals surface area contributed by atoms with E-state index in [9.17, 15) is 0 Å². The minimum absolute atomic E-state index is 0. The van der Waals surface area contributed by atoms with Crippen molar-refractivity contribution in [3.8, 4) is 12.8 Å². The van der Waals surface area contributed by atoms with Crippen molar-refractivity contribution in [2.45, 2.75) is 0 Å². The zero-order valence-corrected chi connectivity index (χ0v) is 7.15. The van der Waals surface area contributed by atoms with Gasteiger partial charge >= 0.3 is 67.0 Å². The molecule has 0 aliphatic carbocycles. The van der Waals surface area contributed by atoms with Crippen molar-refractivity contribution in [1.82, 2.24) is 0 Å². The molecule has 0 amide bonds. The maximum absolute atomic E-state index is 4.00. The van der Waals surface area contributed by atoms with Gasteiger partial charge in [-0.25, -0.2) is 0 Å². The minimum atomic E-state index is 0. The molecule has 0 aromatic carbocycles. The first kappa shape index (κ1) is 15.7. The molecule has 5 heavy (non-hydrogen) atoms. The van der Waals surface area contributed by atoms with Crippen molar-refractivity contribution in [3.05, 3.63) is 0 Å². The fourth-order valence-corrected chi connectivity index (χ4v) is 0. The molecule has 0 aromatic rings. The van der Waals surface area contributed by atoms with Crippen molar-refractivity contribution in [3.63, 3.8) is 0 Å². The summed E-state index contributed by atoms with van der Waals surface area (Å²) in [6, 6.07) is 0. The van der Waals surface area contributed by atoms with Crippen LogP contribution in [0.15, 0.2) is 0 Å². The second kappa shape index (κ2) is 35.7. The molecule has 0 aliphatic rings. The molecule has 0 bridgehead atoms. The molecule has 0 nitrogen and oxygen atoms in total. The average Bonchev–Trinajstić information content (AvgIpc) is 1.50. The molecule has 0 heterocycles. The van der Waals surface area contributed by atoms with Gasteiger partial charge in [0.2, 0.25) is 0 Å². The Balaban J connectivity index is -0.0000000133. The van der Waals surface area contributed by atoms with Crippen LogP contribution in [0.1, 0.15) is 0 Å². The van der Waals surface area contributed by atoms with Gasteiger partial charge in [0, 0.05) is 0 Å². The summed E-state index contributed by atoms with van der Waals surface area (Å²) in [6.45, 7) is 0. The average molecular weight is 150 g/mol. The van der Waals surface area contributed by atoms with Gasteiger partial charge in [0.1, 0.15) is 0 Å². The van der Waals surface area contributed by atoms with Gasteiger partial charge < -0.3 is 0 Å². The monoisotopic (exact) mass is 150 g/mol. The van der Waals surface area contributed by atoms with E-state index >= 15 is 0 Å². The van der Waals surface area contributed by atoms with Crippen LogP contribution in [-0.4, -0.2) is 67.0 Å². The molecule has 0 rings (SSSR count). The van der Waals surface area contributed by atoms with E-state index in [1.54, 1.807) is 0 Å². The molecule has 0 spiro atoms. The Bertz CT molecular complexity index is 12.4. The first-order valence-corrected chi connectivity index (χ1v) is 9.33. The van der Waals surface area contributed by atoms with Gasteiger partial charge in [0.25, 0.3) is 0 Å². The quantitative estimate of drug-likeness (QED) is 0.285. The fraction of sp³-hybridized carbons (Fsp3) is 0. The van der Waals surface area contributed by atoms with Crippen LogP contribution in [0, 0.1) is 12.8 Å². The summed E-state index contributed by atoms with van der Waals surface area (Å²) in [5.41, 5.74) is 0. The summed E-state index contributed by atoms with van der Waals surface area (Å²) in [6.07, 6.45) is 8.00. The van der Waals surface area contributed by atoms with Crippen molar-refractivity contribution in [1.29, 1.82) is 0 Å². The summed E-state index contributed by atoms with van der Waals surface area (Å²) in [5.74, 6) is 0. The van der Waals surface area contributed by atoms with Crippen LogP contribution in [0.5, 0.6) is 0 Å². The van der Waals surface area contributed by atoms with E-state index in [2.05, 4.69) is 12.8 Å². The van der Waals surface area contributed by atoms with E-state index in [1.165, 1.54) is 25.1 Å². The second-order valence-corrected chi connectivity index (χ2v) is 0. The van der Waals surface area contributed by atoms with Crippen molar-refractivity contribution < 1.29 is 0 Å². The molecule has 1 unspecified atom stereocenters. The third kappa shape index (κ3) is 23.1. The Morgan fingerprint density at radius 3 is 1.20 bits per heavy atom. The molecule has 3 heteroatoms. The van der Waals surface area contributed by atoms with E-state index in [-0.39, 0.29) is 29.6 Å². The van der Waals surface area contributed by atoms with Gasteiger partial charge in [0.05, 0.1) is 0 Å². The Morgan fingerprint density at radius 1 is 1.20 bits per heavy atom.